The summed E-state index contributed by atoms with van der Waals surface area (Å²) in [5.41, 5.74) is -0.347. The molecule has 0 saturated carbocycles. The fraction of sp³-hybridized carbons (Fsp3) is 0.600. The van der Waals surface area contributed by atoms with E-state index in [0.29, 0.717) is 24.9 Å². The SMILES string of the molecule is CC(O)(CCNC(C)(C)C)Cc1ccc(F)c(F)c1. The minimum Gasteiger partial charge on any atom is -0.390 e. The lowest BCUT2D eigenvalue weighted by molar-refractivity contribution is 0.0499. The third-order valence-electron chi connectivity index (χ3n) is 2.89. The molecule has 4 heteroatoms. The average molecular weight is 271 g/mol. The van der Waals surface area contributed by atoms with Crippen LogP contribution in [-0.4, -0.2) is 22.8 Å². The smallest absolute Gasteiger partial charge is 0.159 e. The Labute approximate surface area is 113 Å². The van der Waals surface area contributed by atoms with E-state index in [4.69, 9.17) is 0 Å². The predicted molar refractivity (Wildman–Crippen MR) is 73.1 cm³/mol. The van der Waals surface area contributed by atoms with Crippen molar-refractivity contribution in [1.29, 1.82) is 0 Å². The van der Waals surface area contributed by atoms with Gasteiger partial charge in [-0.25, -0.2) is 8.78 Å². The van der Waals surface area contributed by atoms with Gasteiger partial charge in [0.05, 0.1) is 5.60 Å². The second kappa shape index (κ2) is 5.97. The van der Waals surface area contributed by atoms with Crippen LogP contribution in [0.2, 0.25) is 0 Å². The van der Waals surface area contributed by atoms with E-state index in [0.717, 1.165) is 12.1 Å². The van der Waals surface area contributed by atoms with Crippen molar-refractivity contribution < 1.29 is 13.9 Å². The topological polar surface area (TPSA) is 32.3 Å². The Morgan fingerprint density at radius 3 is 2.26 bits per heavy atom. The van der Waals surface area contributed by atoms with Crippen molar-refractivity contribution in [2.45, 2.75) is 51.7 Å². The molecule has 0 fully saturated rings. The van der Waals surface area contributed by atoms with Crippen LogP contribution in [0.3, 0.4) is 0 Å². The van der Waals surface area contributed by atoms with Gasteiger partial charge in [-0.2, -0.15) is 0 Å². The molecule has 0 aliphatic heterocycles. The van der Waals surface area contributed by atoms with E-state index in [1.165, 1.54) is 6.07 Å². The highest BCUT2D eigenvalue weighted by atomic mass is 19.2. The first-order chi connectivity index (χ1) is 8.59. The van der Waals surface area contributed by atoms with Gasteiger partial charge < -0.3 is 10.4 Å². The lowest BCUT2D eigenvalue weighted by Gasteiger charge is -2.27. The summed E-state index contributed by atoms with van der Waals surface area (Å²) in [7, 11) is 0. The summed E-state index contributed by atoms with van der Waals surface area (Å²) in [5, 5.41) is 13.6. The first-order valence-electron chi connectivity index (χ1n) is 6.50. The van der Waals surface area contributed by atoms with Crippen LogP contribution in [0.4, 0.5) is 8.78 Å². The fourth-order valence-electron chi connectivity index (χ4n) is 1.88. The zero-order valence-corrected chi connectivity index (χ0v) is 12.1. The Morgan fingerprint density at radius 2 is 1.74 bits per heavy atom. The predicted octanol–water partition coefficient (Wildman–Crippen LogP) is 3.04. The monoisotopic (exact) mass is 271 g/mol. The van der Waals surface area contributed by atoms with Crippen molar-refractivity contribution in [1.82, 2.24) is 5.32 Å². The van der Waals surface area contributed by atoms with Crippen molar-refractivity contribution in [3.63, 3.8) is 0 Å². The van der Waals surface area contributed by atoms with Crippen molar-refractivity contribution >= 4 is 0 Å². The first kappa shape index (κ1) is 16.1. The second-order valence-corrected chi connectivity index (χ2v) is 6.35. The third-order valence-corrected chi connectivity index (χ3v) is 2.89. The lowest BCUT2D eigenvalue weighted by atomic mass is 9.92. The molecular formula is C15H23F2NO. The van der Waals surface area contributed by atoms with Gasteiger partial charge in [-0.3, -0.25) is 0 Å². The maximum absolute atomic E-state index is 13.1. The number of hydrogen-bond donors (Lipinski definition) is 2. The average Bonchev–Trinajstić information content (AvgIpc) is 2.20. The molecular weight excluding hydrogens is 248 g/mol. The van der Waals surface area contributed by atoms with E-state index in [-0.39, 0.29) is 5.54 Å². The Bertz CT molecular complexity index is 425. The van der Waals surface area contributed by atoms with Gasteiger partial charge in [-0.05, 0) is 58.4 Å². The molecule has 0 spiro atoms. The lowest BCUT2D eigenvalue weighted by Crippen LogP contribution is -2.40. The van der Waals surface area contributed by atoms with Gasteiger partial charge in [0.2, 0.25) is 0 Å². The molecule has 0 aliphatic carbocycles. The van der Waals surface area contributed by atoms with E-state index >= 15 is 0 Å². The molecule has 2 nitrogen and oxygen atoms in total. The Hall–Kier alpha value is -1.00. The normalized spacial score (nSPS) is 15.3. The highest BCUT2D eigenvalue weighted by Crippen LogP contribution is 2.18. The summed E-state index contributed by atoms with van der Waals surface area (Å²) in [6, 6.07) is 3.74. The minimum atomic E-state index is -0.942. The van der Waals surface area contributed by atoms with Crippen molar-refractivity contribution in [2.75, 3.05) is 6.54 Å². The minimum absolute atomic E-state index is 0.00192. The van der Waals surface area contributed by atoms with Gasteiger partial charge in [0, 0.05) is 12.0 Å². The van der Waals surface area contributed by atoms with Gasteiger partial charge in [-0.1, -0.05) is 6.07 Å². The van der Waals surface area contributed by atoms with Crippen LogP contribution >= 0.6 is 0 Å². The van der Waals surface area contributed by atoms with Gasteiger partial charge in [0.15, 0.2) is 11.6 Å². The summed E-state index contributed by atoms with van der Waals surface area (Å²) in [6.07, 6.45) is 0.847. The quantitative estimate of drug-likeness (QED) is 0.862. The highest BCUT2D eigenvalue weighted by molar-refractivity contribution is 5.19. The maximum Gasteiger partial charge on any atom is 0.159 e. The van der Waals surface area contributed by atoms with Crippen LogP contribution in [0, 0.1) is 11.6 Å². The van der Waals surface area contributed by atoms with Crippen LogP contribution in [0.1, 0.15) is 39.7 Å². The Balaban J connectivity index is 2.56. The molecule has 1 unspecified atom stereocenters. The van der Waals surface area contributed by atoms with Gasteiger partial charge >= 0.3 is 0 Å². The number of aliphatic hydroxyl groups is 1. The van der Waals surface area contributed by atoms with Crippen molar-refractivity contribution in [3.05, 3.63) is 35.4 Å². The molecule has 1 atom stereocenters. The Kier molecular flexibility index (Phi) is 5.04. The molecule has 0 aliphatic rings. The molecule has 19 heavy (non-hydrogen) atoms. The number of hydrogen-bond acceptors (Lipinski definition) is 2. The zero-order valence-electron chi connectivity index (χ0n) is 12.1. The molecule has 1 rings (SSSR count). The Morgan fingerprint density at radius 1 is 1.11 bits per heavy atom. The zero-order chi connectivity index (χ0) is 14.7. The molecule has 2 N–H and O–H groups in total. The molecule has 1 aromatic rings. The number of halogens is 2. The molecule has 0 saturated heterocycles. The van der Waals surface area contributed by atoms with E-state index in [9.17, 15) is 13.9 Å². The van der Waals surface area contributed by atoms with Crippen LogP contribution < -0.4 is 5.32 Å². The van der Waals surface area contributed by atoms with Gasteiger partial charge in [0.1, 0.15) is 0 Å². The fourth-order valence-corrected chi connectivity index (χ4v) is 1.88. The molecule has 108 valence electrons. The van der Waals surface area contributed by atoms with Gasteiger partial charge in [0.25, 0.3) is 0 Å². The summed E-state index contributed by atoms with van der Waals surface area (Å²) in [4.78, 5) is 0. The first-order valence-corrected chi connectivity index (χ1v) is 6.50. The van der Waals surface area contributed by atoms with Crippen LogP contribution in [0.5, 0.6) is 0 Å². The highest BCUT2D eigenvalue weighted by Gasteiger charge is 2.22. The summed E-state index contributed by atoms with van der Waals surface area (Å²) < 4.78 is 25.9. The van der Waals surface area contributed by atoms with Crippen molar-refractivity contribution in [3.8, 4) is 0 Å². The molecule has 0 amide bonds. The van der Waals surface area contributed by atoms with Crippen LogP contribution in [0.15, 0.2) is 18.2 Å². The third kappa shape index (κ3) is 6.12. The summed E-state index contributed by atoms with van der Waals surface area (Å²) in [6.45, 7) is 8.53. The molecule has 0 bridgehead atoms. The maximum atomic E-state index is 13.1. The second-order valence-electron chi connectivity index (χ2n) is 6.35. The molecule has 0 radical (unpaired) electrons. The largest absolute Gasteiger partial charge is 0.390 e. The number of nitrogens with one attached hydrogen (secondary N) is 1. The van der Waals surface area contributed by atoms with Crippen LogP contribution in [-0.2, 0) is 6.42 Å². The van der Waals surface area contributed by atoms with E-state index in [1.54, 1.807) is 6.92 Å². The molecule has 0 heterocycles. The van der Waals surface area contributed by atoms with E-state index < -0.39 is 17.2 Å². The summed E-state index contributed by atoms with van der Waals surface area (Å²) >= 11 is 0. The standard InChI is InChI=1S/C15H23F2NO/c1-14(2,3)18-8-7-15(4,19)10-11-5-6-12(16)13(17)9-11/h5-6,9,18-19H,7-8,10H2,1-4H3. The number of benzene rings is 1. The van der Waals surface area contributed by atoms with Crippen LogP contribution in [0.25, 0.3) is 0 Å². The molecule has 0 aromatic heterocycles. The summed E-state index contributed by atoms with van der Waals surface area (Å²) in [5.74, 6) is -1.74. The number of rotatable bonds is 5. The van der Waals surface area contributed by atoms with Crippen molar-refractivity contribution in [2.24, 2.45) is 0 Å². The van der Waals surface area contributed by atoms with Gasteiger partial charge in [-0.15, -0.1) is 0 Å². The molecule has 1 aromatic carbocycles. The van der Waals surface area contributed by atoms with E-state index in [2.05, 4.69) is 26.1 Å². The van der Waals surface area contributed by atoms with E-state index in [1.807, 2.05) is 0 Å².